The van der Waals surface area contributed by atoms with E-state index in [2.05, 4.69) is 34.1 Å². The average molecular weight is 282 g/mol. The van der Waals surface area contributed by atoms with E-state index in [1.807, 2.05) is 18.2 Å². The van der Waals surface area contributed by atoms with Gasteiger partial charge in [0.1, 0.15) is 6.42 Å². The van der Waals surface area contributed by atoms with Gasteiger partial charge >= 0.3 is 5.97 Å². The van der Waals surface area contributed by atoms with Gasteiger partial charge < -0.3 is 5.11 Å². The molecule has 1 aromatic carbocycles. The highest BCUT2D eigenvalue weighted by molar-refractivity contribution is 5.69. The van der Waals surface area contributed by atoms with Crippen LogP contribution in [-0.2, 0) is 17.6 Å². The first-order chi connectivity index (χ1) is 10.2. The third-order valence-corrected chi connectivity index (χ3v) is 3.25. The van der Waals surface area contributed by atoms with E-state index in [1.165, 1.54) is 5.56 Å². The van der Waals surface area contributed by atoms with E-state index in [9.17, 15) is 4.79 Å². The van der Waals surface area contributed by atoms with Crippen molar-refractivity contribution in [1.29, 1.82) is 0 Å². The molecule has 0 saturated carbocycles. The standard InChI is InChI=1S/C15H14N4O2/c1-2-10-3-5-11(6-4-10)12-7-8-16-15-17-13(9-14(20)21)18-19(12)15/h3-8H,2,9H2,1H3,(H,20,21). The number of carboxylic acid groups (broad SMARTS) is 1. The van der Waals surface area contributed by atoms with Crippen LogP contribution in [0.3, 0.4) is 0 Å². The fraction of sp³-hybridized carbons (Fsp3) is 0.200. The fourth-order valence-electron chi connectivity index (χ4n) is 2.18. The van der Waals surface area contributed by atoms with Crippen molar-refractivity contribution in [2.75, 3.05) is 0 Å². The van der Waals surface area contributed by atoms with Gasteiger partial charge in [-0.2, -0.15) is 9.50 Å². The van der Waals surface area contributed by atoms with Crippen LogP contribution in [0.15, 0.2) is 36.5 Å². The van der Waals surface area contributed by atoms with Gasteiger partial charge in [-0.05, 0) is 18.1 Å². The van der Waals surface area contributed by atoms with Gasteiger partial charge in [-0.3, -0.25) is 4.79 Å². The van der Waals surface area contributed by atoms with Gasteiger partial charge in [-0.1, -0.05) is 31.2 Å². The maximum Gasteiger partial charge on any atom is 0.311 e. The van der Waals surface area contributed by atoms with Crippen molar-refractivity contribution in [3.8, 4) is 11.3 Å². The van der Waals surface area contributed by atoms with Crippen LogP contribution in [0.25, 0.3) is 17.0 Å². The van der Waals surface area contributed by atoms with Gasteiger partial charge in [0.05, 0.1) is 5.69 Å². The van der Waals surface area contributed by atoms with E-state index < -0.39 is 5.97 Å². The minimum absolute atomic E-state index is 0.211. The number of fused-ring (bicyclic) bond motifs is 1. The lowest BCUT2D eigenvalue weighted by Crippen LogP contribution is -2.02. The molecule has 0 saturated heterocycles. The van der Waals surface area contributed by atoms with Crippen LogP contribution in [0.4, 0.5) is 0 Å². The molecule has 0 aliphatic carbocycles. The Bertz CT molecular complexity index is 793. The molecule has 21 heavy (non-hydrogen) atoms. The van der Waals surface area contributed by atoms with Crippen LogP contribution >= 0.6 is 0 Å². The summed E-state index contributed by atoms with van der Waals surface area (Å²) >= 11 is 0. The van der Waals surface area contributed by atoms with E-state index in [1.54, 1.807) is 10.7 Å². The predicted octanol–water partition coefficient (Wildman–Crippen LogP) is 1.98. The Kier molecular flexibility index (Phi) is 3.35. The Morgan fingerprint density at radius 1 is 1.24 bits per heavy atom. The van der Waals surface area contributed by atoms with E-state index in [4.69, 9.17) is 5.11 Å². The van der Waals surface area contributed by atoms with Crippen molar-refractivity contribution >= 4 is 11.7 Å². The van der Waals surface area contributed by atoms with Crippen LogP contribution in [0, 0.1) is 0 Å². The maximum absolute atomic E-state index is 10.8. The zero-order valence-electron chi connectivity index (χ0n) is 11.5. The number of aromatic nitrogens is 4. The van der Waals surface area contributed by atoms with Crippen LogP contribution in [0.5, 0.6) is 0 Å². The normalized spacial score (nSPS) is 10.9. The van der Waals surface area contributed by atoms with Gasteiger partial charge in [0, 0.05) is 11.8 Å². The molecule has 0 aliphatic rings. The average Bonchev–Trinajstić information content (AvgIpc) is 2.88. The van der Waals surface area contributed by atoms with E-state index in [0.29, 0.717) is 5.78 Å². The van der Waals surface area contributed by atoms with Crippen molar-refractivity contribution < 1.29 is 9.90 Å². The van der Waals surface area contributed by atoms with Gasteiger partial charge in [0.2, 0.25) is 0 Å². The highest BCUT2D eigenvalue weighted by Gasteiger charge is 2.12. The Hall–Kier alpha value is -2.76. The van der Waals surface area contributed by atoms with Crippen molar-refractivity contribution in [3.05, 3.63) is 47.9 Å². The molecule has 6 heteroatoms. The van der Waals surface area contributed by atoms with Gasteiger partial charge in [-0.15, -0.1) is 5.10 Å². The molecule has 0 amide bonds. The summed E-state index contributed by atoms with van der Waals surface area (Å²) in [4.78, 5) is 19.0. The predicted molar refractivity (Wildman–Crippen MR) is 76.9 cm³/mol. The number of carbonyl (C=O) groups is 1. The van der Waals surface area contributed by atoms with Crippen LogP contribution < -0.4 is 0 Å². The first-order valence-corrected chi connectivity index (χ1v) is 6.69. The summed E-state index contributed by atoms with van der Waals surface area (Å²) in [6, 6.07) is 10.0. The summed E-state index contributed by atoms with van der Waals surface area (Å²) in [7, 11) is 0. The lowest BCUT2D eigenvalue weighted by Gasteiger charge is -2.04. The number of nitrogens with zero attached hydrogens (tertiary/aromatic N) is 4. The quantitative estimate of drug-likeness (QED) is 0.791. The fourth-order valence-corrected chi connectivity index (χ4v) is 2.18. The van der Waals surface area contributed by atoms with Crippen LogP contribution in [0.2, 0.25) is 0 Å². The Morgan fingerprint density at radius 3 is 2.67 bits per heavy atom. The van der Waals surface area contributed by atoms with Crippen molar-refractivity contribution in [2.24, 2.45) is 0 Å². The molecular weight excluding hydrogens is 268 g/mol. The molecule has 0 unspecified atom stereocenters. The zero-order valence-corrected chi connectivity index (χ0v) is 11.5. The van der Waals surface area contributed by atoms with Crippen LogP contribution in [0.1, 0.15) is 18.3 Å². The Balaban J connectivity index is 2.08. The molecule has 3 rings (SSSR count). The lowest BCUT2D eigenvalue weighted by molar-refractivity contribution is -0.136. The molecule has 0 bridgehead atoms. The number of aliphatic carboxylic acids is 1. The monoisotopic (exact) mass is 282 g/mol. The zero-order chi connectivity index (χ0) is 14.8. The summed E-state index contributed by atoms with van der Waals surface area (Å²) in [5.41, 5.74) is 3.09. The molecule has 0 atom stereocenters. The third-order valence-electron chi connectivity index (χ3n) is 3.25. The molecule has 2 aromatic heterocycles. The second kappa shape index (κ2) is 5.32. The molecule has 1 N–H and O–H groups in total. The second-order valence-electron chi connectivity index (χ2n) is 4.69. The highest BCUT2D eigenvalue weighted by Crippen LogP contribution is 2.20. The highest BCUT2D eigenvalue weighted by atomic mass is 16.4. The SMILES string of the molecule is CCc1ccc(-c2ccnc3nc(CC(=O)O)nn23)cc1. The molecule has 0 aliphatic heterocycles. The van der Waals surface area contributed by atoms with E-state index in [-0.39, 0.29) is 12.2 Å². The summed E-state index contributed by atoms with van der Waals surface area (Å²) in [5.74, 6) is -0.296. The topological polar surface area (TPSA) is 80.4 Å². The number of carboxylic acids is 1. The first kappa shape index (κ1) is 13.2. The van der Waals surface area contributed by atoms with E-state index >= 15 is 0 Å². The summed E-state index contributed by atoms with van der Waals surface area (Å²) in [6.07, 6.45) is 2.42. The lowest BCUT2D eigenvalue weighted by atomic mass is 10.1. The molecule has 0 fully saturated rings. The number of hydrogen-bond donors (Lipinski definition) is 1. The third kappa shape index (κ3) is 2.60. The number of aryl methyl sites for hydroxylation is 1. The van der Waals surface area contributed by atoms with Crippen molar-refractivity contribution in [3.63, 3.8) is 0 Å². The maximum atomic E-state index is 10.8. The number of hydrogen-bond acceptors (Lipinski definition) is 4. The van der Waals surface area contributed by atoms with Gasteiger partial charge in [0.25, 0.3) is 5.78 Å². The summed E-state index contributed by atoms with van der Waals surface area (Å²) in [5, 5.41) is 13.1. The number of benzene rings is 1. The first-order valence-electron chi connectivity index (χ1n) is 6.69. The van der Waals surface area contributed by atoms with Crippen molar-refractivity contribution in [2.45, 2.75) is 19.8 Å². The van der Waals surface area contributed by atoms with Crippen molar-refractivity contribution in [1.82, 2.24) is 19.6 Å². The molecule has 3 aromatic rings. The van der Waals surface area contributed by atoms with E-state index in [0.717, 1.165) is 17.7 Å². The van der Waals surface area contributed by atoms with Gasteiger partial charge in [-0.25, -0.2) is 4.98 Å². The Labute approximate surface area is 121 Å². The van der Waals surface area contributed by atoms with Gasteiger partial charge in [0.15, 0.2) is 5.82 Å². The number of rotatable bonds is 4. The summed E-state index contributed by atoms with van der Waals surface area (Å²) < 4.78 is 1.58. The Morgan fingerprint density at radius 2 is 2.00 bits per heavy atom. The minimum Gasteiger partial charge on any atom is -0.481 e. The molecule has 0 radical (unpaired) electrons. The minimum atomic E-state index is -0.959. The molecule has 6 nitrogen and oxygen atoms in total. The van der Waals surface area contributed by atoms with Crippen LogP contribution in [-0.4, -0.2) is 30.7 Å². The molecule has 2 heterocycles. The summed E-state index contributed by atoms with van der Waals surface area (Å²) in [6.45, 7) is 2.11. The molecule has 106 valence electrons. The second-order valence-corrected chi connectivity index (χ2v) is 4.69. The smallest absolute Gasteiger partial charge is 0.311 e. The molecule has 0 spiro atoms. The largest absolute Gasteiger partial charge is 0.481 e. The molecular formula is C15H14N4O2.